The molecule has 1 rings (SSSR count). The molecule has 1 aliphatic heterocycles. The largest absolute Gasteiger partial charge is 0.481 e. The minimum absolute atomic E-state index is 0.278. The quantitative estimate of drug-likeness (QED) is 0.592. The van der Waals surface area contributed by atoms with Crippen LogP contribution in [0.2, 0.25) is 0 Å². The van der Waals surface area contributed by atoms with E-state index in [1.807, 2.05) is 0 Å². The van der Waals surface area contributed by atoms with Crippen LogP contribution in [0.5, 0.6) is 0 Å². The van der Waals surface area contributed by atoms with Gasteiger partial charge in [0.05, 0.1) is 0 Å². The van der Waals surface area contributed by atoms with E-state index in [0.29, 0.717) is 24.4 Å². The van der Waals surface area contributed by atoms with Crippen LogP contribution in [0.25, 0.3) is 0 Å². The van der Waals surface area contributed by atoms with Gasteiger partial charge in [0.1, 0.15) is 0 Å². The molecule has 0 aromatic carbocycles. The zero-order valence-corrected chi connectivity index (χ0v) is 13.0. The monoisotopic (exact) mass is 285 g/mol. The second-order valence-electron chi connectivity index (χ2n) is 6.42. The highest BCUT2D eigenvalue weighted by molar-refractivity contribution is 5.66. The molecule has 20 heavy (non-hydrogen) atoms. The zero-order chi connectivity index (χ0) is 15.0. The Hall–Kier alpha value is -0.650. The molecule has 5 nitrogen and oxygen atoms in total. The first-order valence-electron chi connectivity index (χ1n) is 7.88. The van der Waals surface area contributed by atoms with Crippen molar-refractivity contribution >= 4 is 5.97 Å². The van der Waals surface area contributed by atoms with E-state index in [-0.39, 0.29) is 6.42 Å². The van der Waals surface area contributed by atoms with Gasteiger partial charge in [0.2, 0.25) is 0 Å². The lowest BCUT2D eigenvalue weighted by molar-refractivity contribution is -0.137. The summed E-state index contributed by atoms with van der Waals surface area (Å²) in [5, 5.41) is 12.5. The number of carboxylic acids is 1. The predicted octanol–water partition coefficient (Wildman–Crippen LogP) is 1.14. The van der Waals surface area contributed by atoms with Crippen molar-refractivity contribution in [3.63, 3.8) is 0 Å². The number of nitrogens with one attached hydrogen (secondary N) is 1. The molecule has 0 saturated carbocycles. The maximum absolute atomic E-state index is 10.7. The molecule has 0 aliphatic carbocycles. The summed E-state index contributed by atoms with van der Waals surface area (Å²) in [7, 11) is 0. The summed E-state index contributed by atoms with van der Waals surface area (Å²) in [5.74, 6) is 0.502. The molecule has 0 amide bonds. The minimum Gasteiger partial charge on any atom is -0.481 e. The summed E-state index contributed by atoms with van der Waals surface area (Å²) < 4.78 is 0. The number of rotatable bonds is 9. The molecule has 1 saturated heterocycles. The van der Waals surface area contributed by atoms with Crippen LogP contribution < -0.4 is 11.1 Å². The number of carboxylic acid groups (broad SMARTS) is 1. The number of hydrogen-bond acceptors (Lipinski definition) is 4. The summed E-state index contributed by atoms with van der Waals surface area (Å²) >= 11 is 0. The topological polar surface area (TPSA) is 78.6 Å². The highest BCUT2D eigenvalue weighted by Gasteiger charge is 2.26. The molecule has 0 spiro atoms. The van der Waals surface area contributed by atoms with Gasteiger partial charge < -0.3 is 21.1 Å². The first-order valence-corrected chi connectivity index (χ1v) is 7.88. The normalized spacial score (nSPS) is 24.2. The molecule has 0 bridgehead atoms. The van der Waals surface area contributed by atoms with Crippen molar-refractivity contribution in [3.8, 4) is 0 Å². The molecule has 0 aromatic heterocycles. The summed E-state index contributed by atoms with van der Waals surface area (Å²) in [5.41, 5.74) is 5.66. The van der Waals surface area contributed by atoms with Crippen LogP contribution in [0, 0.1) is 11.8 Å². The van der Waals surface area contributed by atoms with Gasteiger partial charge in [0, 0.05) is 38.6 Å². The zero-order valence-electron chi connectivity index (χ0n) is 13.0. The van der Waals surface area contributed by atoms with Gasteiger partial charge >= 0.3 is 5.97 Å². The number of carbonyl (C=O) groups is 1. The molecule has 0 radical (unpaired) electrons. The maximum Gasteiger partial charge on any atom is 0.303 e. The predicted molar refractivity (Wildman–Crippen MR) is 81.7 cm³/mol. The van der Waals surface area contributed by atoms with E-state index >= 15 is 0 Å². The Balaban J connectivity index is 2.40. The van der Waals surface area contributed by atoms with Crippen LogP contribution in [-0.4, -0.2) is 54.7 Å². The number of nitrogens with zero attached hydrogens (tertiary/aromatic N) is 1. The average molecular weight is 285 g/mol. The average Bonchev–Trinajstić information content (AvgIpc) is 2.36. The van der Waals surface area contributed by atoms with Gasteiger partial charge in [-0.25, -0.2) is 0 Å². The third-order valence-corrected chi connectivity index (χ3v) is 3.98. The summed E-state index contributed by atoms with van der Waals surface area (Å²) in [6, 6.07) is 0.479. The van der Waals surface area contributed by atoms with Crippen molar-refractivity contribution in [2.24, 2.45) is 17.6 Å². The van der Waals surface area contributed by atoms with E-state index in [9.17, 15) is 4.79 Å². The van der Waals surface area contributed by atoms with Gasteiger partial charge in [0.25, 0.3) is 0 Å². The number of piperidine rings is 1. The molecule has 5 heteroatoms. The third kappa shape index (κ3) is 7.22. The van der Waals surface area contributed by atoms with E-state index in [2.05, 4.69) is 24.1 Å². The van der Waals surface area contributed by atoms with Crippen molar-refractivity contribution in [1.82, 2.24) is 10.2 Å². The summed E-state index contributed by atoms with van der Waals surface area (Å²) in [6.07, 6.45) is 3.33. The van der Waals surface area contributed by atoms with E-state index in [1.54, 1.807) is 0 Å². The number of nitrogens with two attached hydrogens (primary N) is 1. The van der Waals surface area contributed by atoms with Crippen LogP contribution >= 0.6 is 0 Å². The molecule has 2 unspecified atom stereocenters. The summed E-state index contributed by atoms with van der Waals surface area (Å²) in [6.45, 7) is 9.13. The van der Waals surface area contributed by atoms with Crippen LogP contribution in [0.3, 0.4) is 0 Å². The van der Waals surface area contributed by atoms with Crippen molar-refractivity contribution in [1.29, 1.82) is 0 Å². The van der Waals surface area contributed by atoms with E-state index in [0.717, 1.165) is 39.0 Å². The van der Waals surface area contributed by atoms with E-state index < -0.39 is 5.97 Å². The van der Waals surface area contributed by atoms with Crippen molar-refractivity contribution in [2.45, 2.75) is 45.6 Å². The van der Waals surface area contributed by atoms with Crippen LogP contribution in [0.4, 0.5) is 0 Å². The molecule has 1 fully saturated rings. The fourth-order valence-corrected chi connectivity index (χ4v) is 2.93. The lowest BCUT2D eigenvalue weighted by atomic mass is 9.90. The fraction of sp³-hybridized carbons (Fsp3) is 0.933. The fourth-order valence-electron chi connectivity index (χ4n) is 2.93. The Morgan fingerprint density at radius 1 is 1.45 bits per heavy atom. The van der Waals surface area contributed by atoms with Gasteiger partial charge in [-0.1, -0.05) is 13.8 Å². The second kappa shape index (κ2) is 9.32. The Kier molecular flexibility index (Phi) is 8.11. The minimum atomic E-state index is -0.690. The number of hydrogen-bond donors (Lipinski definition) is 3. The Morgan fingerprint density at radius 2 is 2.20 bits per heavy atom. The molecular weight excluding hydrogens is 254 g/mol. The lowest BCUT2D eigenvalue weighted by Crippen LogP contribution is -2.50. The van der Waals surface area contributed by atoms with Crippen LogP contribution in [-0.2, 0) is 4.79 Å². The maximum atomic E-state index is 10.7. The summed E-state index contributed by atoms with van der Waals surface area (Å²) in [4.78, 5) is 13.1. The van der Waals surface area contributed by atoms with Gasteiger partial charge in [-0.05, 0) is 37.6 Å². The molecule has 1 heterocycles. The van der Waals surface area contributed by atoms with Gasteiger partial charge in [0.15, 0.2) is 0 Å². The molecule has 1 aliphatic rings. The lowest BCUT2D eigenvalue weighted by Gasteiger charge is -2.38. The van der Waals surface area contributed by atoms with Crippen molar-refractivity contribution in [2.75, 3.05) is 32.7 Å². The first-order chi connectivity index (χ1) is 9.51. The van der Waals surface area contributed by atoms with E-state index in [1.165, 1.54) is 6.42 Å². The molecular formula is C15H31N3O2. The molecule has 0 aromatic rings. The van der Waals surface area contributed by atoms with Gasteiger partial charge in [-0.15, -0.1) is 0 Å². The van der Waals surface area contributed by atoms with Gasteiger partial charge in [-0.3, -0.25) is 4.79 Å². The highest BCUT2D eigenvalue weighted by atomic mass is 16.4. The third-order valence-electron chi connectivity index (χ3n) is 3.98. The van der Waals surface area contributed by atoms with Crippen molar-refractivity contribution < 1.29 is 9.90 Å². The van der Waals surface area contributed by atoms with Crippen LogP contribution in [0.15, 0.2) is 0 Å². The van der Waals surface area contributed by atoms with Crippen molar-refractivity contribution in [3.05, 3.63) is 0 Å². The standard InChI is InChI=1S/C15H31N3O2/c1-12(2)5-7-17-14-9-13(3-4-15(19)20)10-18(11-14)8-6-16/h12-14,17H,3-11,16H2,1-2H3,(H,19,20). The van der Waals surface area contributed by atoms with E-state index in [4.69, 9.17) is 10.8 Å². The highest BCUT2D eigenvalue weighted by Crippen LogP contribution is 2.21. The number of likely N-dealkylation sites (tertiary alicyclic amines) is 1. The number of aliphatic carboxylic acids is 1. The van der Waals surface area contributed by atoms with Crippen LogP contribution in [0.1, 0.15) is 39.5 Å². The Bertz CT molecular complexity index is 284. The van der Waals surface area contributed by atoms with Gasteiger partial charge in [-0.2, -0.15) is 0 Å². The first kappa shape index (κ1) is 17.4. The second-order valence-corrected chi connectivity index (χ2v) is 6.42. The molecule has 2 atom stereocenters. The molecule has 118 valence electrons. The SMILES string of the molecule is CC(C)CCNC1CC(CCC(=O)O)CN(CCN)C1. The Labute approximate surface area is 122 Å². The molecule has 4 N–H and O–H groups in total. The smallest absolute Gasteiger partial charge is 0.303 e. The Morgan fingerprint density at radius 3 is 2.80 bits per heavy atom.